The third-order valence-corrected chi connectivity index (χ3v) is 5.72. The highest BCUT2D eigenvalue weighted by Gasteiger charge is 2.18. The number of hydrogen-bond acceptors (Lipinski definition) is 2. The highest BCUT2D eigenvalue weighted by Crippen LogP contribution is 2.32. The summed E-state index contributed by atoms with van der Waals surface area (Å²) in [7, 11) is 1.75. The van der Waals surface area contributed by atoms with E-state index in [0.717, 1.165) is 13.1 Å². The van der Waals surface area contributed by atoms with E-state index in [4.69, 9.17) is 23.2 Å². The number of thiophene rings is 1. The van der Waals surface area contributed by atoms with Crippen LogP contribution < -0.4 is 0 Å². The fraction of sp³-hybridized carbons (Fsp3) is 0.154. The lowest BCUT2D eigenvalue weighted by molar-refractivity contribution is 0.0785. The highest BCUT2D eigenvalue weighted by atomic mass is 79.9. The molecule has 106 valence electrons. The molecule has 0 saturated heterocycles. The molecule has 1 aromatic carbocycles. The first-order chi connectivity index (χ1) is 9.38. The van der Waals surface area contributed by atoms with Gasteiger partial charge < -0.3 is 4.90 Å². The fourth-order valence-corrected chi connectivity index (χ4v) is 4.77. The number of rotatable bonds is 3. The lowest BCUT2D eigenvalue weighted by Gasteiger charge is -2.17. The van der Waals surface area contributed by atoms with Gasteiger partial charge in [0.05, 0.1) is 23.2 Å². The van der Waals surface area contributed by atoms with E-state index in [1.807, 2.05) is 12.1 Å². The zero-order valence-corrected chi connectivity index (χ0v) is 15.8. The van der Waals surface area contributed by atoms with Crippen LogP contribution in [0.3, 0.4) is 0 Å². The summed E-state index contributed by atoms with van der Waals surface area (Å²) in [5, 5.41) is 0.998. The van der Waals surface area contributed by atoms with Gasteiger partial charge in [0.25, 0.3) is 5.91 Å². The van der Waals surface area contributed by atoms with Gasteiger partial charge in [-0.1, -0.05) is 29.3 Å². The lowest BCUT2D eigenvalue weighted by Crippen LogP contribution is -2.26. The topological polar surface area (TPSA) is 20.3 Å². The zero-order valence-electron chi connectivity index (χ0n) is 10.3. The summed E-state index contributed by atoms with van der Waals surface area (Å²) < 4.78 is 1.73. The molecule has 2 aromatic rings. The summed E-state index contributed by atoms with van der Waals surface area (Å²) in [6, 6.07) is 7.17. The molecule has 0 aliphatic carbocycles. The maximum Gasteiger partial charge on any atom is 0.255 e. The molecule has 0 N–H and O–H groups in total. The smallest absolute Gasteiger partial charge is 0.255 e. The van der Waals surface area contributed by atoms with Crippen molar-refractivity contribution in [1.82, 2.24) is 4.90 Å². The molecule has 0 unspecified atom stereocenters. The van der Waals surface area contributed by atoms with Gasteiger partial charge >= 0.3 is 0 Å². The van der Waals surface area contributed by atoms with Crippen molar-refractivity contribution in [3.05, 3.63) is 53.0 Å². The predicted octanol–water partition coefficient (Wildman–Crippen LogP) is 5.85. The van der Waals surface area contributed by atoms with Gasteiger partial charge in [0.1, 0.15) is 0 Å². The average molecular weight is 458 g/mol. The first-order valence-electron chi connectivity index (χ1n) is 5.52. The lowest BCUT2D eigenvalue weighted by atomic mass is 10.2. The summed E-state index contributed by atoms with van der Waals surface area (Å²) in [5.41, 5.74) is 1.57. The summed E-state index contributed by atoms with van der Waals surface area (Å²) in [6.45, 7) is 0.468. The van der Waals surface area contributed by atoms with Crippen LogP contribution in [-0.2, 0) is 6.54 Å². The molecule has 2 rings (SSSR count). The summed E-state index contributed by atoms with van der Waals surface area (Å²) >= 11 is 20.1. The number of nitrogens with zero attached hydrogens (tertiary/aromatic N) is 1. The van der Waals surface area contributed by atoms with E-state index in [9.17, 15) is 4.79 Å². The van der Waals surface area contributed by atoms with Crippen LogP contribution in [0.5, 0.6) is 0 Å². The standard InChI is InChI=1S/C13H9Br2Cl2NOS/c1-18(6-7-2-3-9(16)10(17)4-7)13(19)8-5-11(14)20-12(8)15/h2-5H,6H2,1H3. The molecule has 1 heterocycles. The van der Waals surface area contributed by atoms with Gasteiger partial charge in [-0.2, -0.15) is 0 Å². The van der Waals surface area contributed by atoms with Gasteiger partial charge in [0, 0.05) is 13.6 Å². The van der Waals surface area contributed by atoms with Crippen molar-refractivity contribution in [3.63, 3.8) is 0 Å². The van der Waals surface area contributed by atoms with E-state index < -0.39 is 0 Å². The van der Waals surface area contributed by atoms with Crippen molar-refractivity contribution in [2.24, 2.45) is 0 Å². The molecule has 1 aromatic heterocycles. The number of hydrogen-bond donors (Lipinski definition) is 0. The van der Waals surface area contributed by atoms with Crippen LogP contribution in [0.25, 0.3) is 0 Å². The van der Waals surface area contributed by atoms with Crippen molar-refractivity contribution in [2.45, 2.75) is 6.54 Å². The van der Waals surface area contributed by atoms with Gasteiger partial charge in [-0.25, -0.2) is 0 Å². The van der Waals surface area contributed by atoms with Crippen LogP contribution in [0.2, 0.25) is 10.0 Å². The van der Waals surface area contributed by atoms with Crippen molar-refractivity contribution in [2.75, 3.05) is 7.05 Å². The number of halogens is 4. The molecule has 0 radical (unpaired) electrons. The van der Waals surface area contributed by atoms with Crippen molar-refractivity contribution in [1.29, 1.82) is 0 Å². The van der Waals surface area contributed by atoms with Gasteiger partial charge in [-0.3, -0.25) is 4.79 Å². The average Bonchev–Trinajstić information content (AvgIpc) is 2.72. The second-order valence-corrected chi connectivity index (χ2v) is 8.71. The third-order valence-electron chi connectivity index (χ3n) is 2.64. The first kappa shape index (κ1) is 16.3. The predicted molar refractivity (Wildman–Crippen MR) is 92.0 cm³/mol. The molecule has 2 nitrogen and oxygen atoms in total. The first-order valence-corrected chi connectivity index (χ1v) is 8.68. The van der Waals surface area contributed by atoms with Crippen LogP contribution in [-0.4, -0.2) is 17.9 Å². The van der Waals surface area contributed by atoms with Crippen molar-refractivity contribution < 1.29 is 4.79 Å². The maximum absolute atomic E-state index is 12.4. The Morgan fingerprint density at radius 3 is 2.50 bits per heavy atom. The molecule has 0 aliphatic rings. The quantitative estimate of drug-likeness (QED) is 0.566. The minimum absolute atomic E-state index is 0.0510. The minimum atomic E-state index is -0.0510. The Balaban J connectivity index is 2.15. The van der Waals surface area contributed by atoms with Crippen molar-refractivity contribution in [3.8, 4) is 0 Å². The van der Waals surface area contributed by atoms with Crippen LogP contribution in [0.4, 0.5) is 0 Å². The highest BCUT2D eigenvalue weighted by molar-refractivity contribution is 9.12. The second-order valence-electron chi connectivity index (χ2n) is 4.15. The van der Waals surface area contributed by atoms with E-state index in [1.165, 1.54) is 11.3 Å². The van der Waals surface area contributed by atoms with Crippen molar-refractivity contribution >= 4 is 72.3 Å². The van der Waals surface area contributed by atoms with Crippen LogP contribution >= 0.6 is 66.4 Å². The zero-order chi connectivity index (χ0) is 14.9. The third kappa shape index (κ3) is 3.77. The Bertz CT molecular complexity index is 660. The fourth-order valence-electron chi connectivity index (χ4n) is 1.68. The summed E-state index contributed by atoms with van der Waals surface area (Å²) in [6.07, 6.45) is 0. The molecular formula is C13H9Br2Cl2NOS. The number of amides is 1. The molecule has 0 spiro atoms. The summed E-state index contributed by atoms with van der Waals surface area (Å²) in [4.78, 5) is 14.0. The Morgan fingerprint density at radius 1 is 1.25 bits per heavy atom. The van der Waals surface area contributed by atoms with E-state index in [-0.39, 0.29) is 5.91 Å². The molecule has 20 heavy (non-hydrogen) atoms. The summed E-state index contributed by atoms with van der Waals surface area (Å²) in [5.74, 6) is -0.0510. The number of benzene rings is 1. The van der Waals surface area contributed by atoms with Gasteiger partial charge in [0.15, 0.2) is 0 Å². The Hall–Kier alpha value is -0.0700. The van der Waals surface area contributed by atoms with Gasteiger partial charge in [-0.05, 0) is 55.6 Å². The largest absolute Gasteiger partial charge is 0.337 e. The molecule has 1 amide bonds. The van der Waals surface area contributed by atoms with Crippen LogP contribution in [0, 0.1) is 0 Å². The number of carbonyl (C=O) groups is 1. The van der Waals surface area contributed by atoms with E-state index in [2.05, 4.69) is 31.9 Å². The van der Waals surface area contributed by atoms with Crippen LogP contribution in [0.1, 0.15) is 15.9 Å². The second kappa shape index (κ2) is 6.79. The molecule has 0 aliphatic heterocycles. The van der Waals surface area contributed by atoms with Crippen LogP contribution in [0.15, 0.2) is 31.8 Å². The molecule has 0 atom stereocenters. The Labute approximate surface area is 147 Å². The van der Waals surface area contributed by atoms with E-state index >= 15 is 0 Å². The molecular weight excluding hydrogens is 449 g/mol. The molecule has 0 bridgehead atoms. The van der Waals surface area contributed by atoms with E-state index in [0.29, 0.717) is 22.2 Å². The van der Waals surface area contributed by atoms with Gasteiger partial charge in [0.2, 0.25) is 0 Å². The number of carbonyl (C=O) groups excluding carboxylic acids is 1. The minimum Gasteiger partial charge on any atom is -0.337 e. The Morgan fingerprint density at radius 2 is 1.95 bits per heavy atom. The Kier molecular flexibility index (Phi) is 5.54. The molecule has 7 heteroatoms. The van der Waals surface area contributed by atoms with Gasteiger partial charge in [-0.15, -0.1) is 11.3 Å². The molecule has 0 saturated carbocycles. The maximum atomic E-state index is 12.4. The van der Waals surface area contributed by atoms with E-state index in [1.54, 1.807) is 24.1 Å². The monoisotopic (exact) mass is 455 g/mol. The SMILES string of the molecule is CN(Cc1ccc(Cl)c(Cl)c1)C(=O)c1cc(Br)sc1Br. The molecule has 0 fully saturated rings. The normalized spacial score (nSPS) is 10.7.